The Balaban J connectivity index is 1.56. The van der Waals surface area contributed by atoms with Crippen LogP contribution >= 0.6 is 0 Å². The first-order chi connectivity index (χ1) is 13.7. The Morgan fingerprint density at radius 1 is 1.11 bits per heavy atom. The van der Waals surface area contributed by atoms with Crippen molar-refractivity contribution in [3.8, 4) is 0 Å². The number of hydrogen-bond acceptors (Lipinski definition) is 2. The average molecular weight is 374 g/mol. The Bertz CT molecular complexity index is 1090. The Labute approximate surface area is 161 Å². The van der Waals surface area contributed by atoms with Crippen molar-refractivity contribution in [2.45, 2.75) is 5.92 Å². The summed E-state index contributed by atoms with van der Waals surface area (Å²) in [5, 5.41) is 6.65. The first-order valence-electron chi connectivity index (χ1n) is 8.97. The van der Waals surface area contributed by atoms with Crippen LogP contribution in [0.15, 0.2) is 79.3 Å². The highest BCUT2D eigenvalue weighted by atomic mass is 19.1. The fourth-order valence-electron chi connectivity index (χ4n) is 3.31. The Morgan fingerprint density at radius 2 is 2.00 bits per heavy atom. The third kappa shape index (κ3) is 3.86. The maximum Gasteiger partial charge on any atom is 0.319 e. The number of nitrogens with zero attached hydrogens (tertiary/aromatic N) is 1. The zero-order chi connectivity index (χ0) is 19.3. The van der Waals surface area contributed by atoms with Crippen LogP contribution in [-0.4, -0.2) is 22.5 Å². The topological polar surface area (TPSA) is 69.8 Å². The molecular formula is C22H19FN4O. The van der Waals surface area contributed by atoms with Gasteiger partial charge in [0, 0.05) is 47.6 Å². The van der Waals surface area contributed by atoms with E-state index in [4.69, 9.17) is 0 Å². The van der Waals surface area contributed by atoms with Gasteiger partial charge >= 0.3 is 6.03 Å². The van der Waals surface area contributed by atoms with Gasteiger partial charge < -0.3 is 15.6 Å². The van der Waals surface area contributed by atoms with Gasteiger partial charge in [0.1, 0.15) is 5.82 Å². The molecule has 0 bridgehead atoms. The summed E-state index contributed by atoms with van der Waals surface area (Å²) in [5.41, 5.74) is 3.52. The highest BCUT2D eigenvalue weighted by Gasteiger charge is 2.19. The number of pyridine rings is 1. The van der Waals surface area contributed by atoms with Crippen molar-refractivity contribution in [1.82, 2.24) is 15.3 Å². The van der Waals surface area contributed by atoms with Crippen LogP contribution in [0.1, 0.15) is 17.0 Å². The highest BCUT2D eigenvalue weighted by molar-refractivity contribution is 5.89. The van der Waals surface area contributed by atoms with Crippen LogP contribution in [0.25, 0.3) is 10.9 Å². The van der Waals surface area contributed by atoms with Crippen molar-refractivity contribution in [3.05, 3.63) is 96.2 Å². The molecular weight excluding hydrogens is 355 g/mol. The van der Waals surface area contributed by atoms with Crippen LogP contribution < -0.4 is 10.6 Å². The lowest BCUT2D eigenvalue weighted by molar-refractivity contribution is 0.252. The molecule has 5 nitrogen and oxygen atoms in total. The largest absolute Gasteiger partial charge is 0.361 e. The molecule has 140 valence electrons. The van der Waals surface area contributed by atoms with E-state index in [0.29, 0.717) is 12.2 Å². The van der Waals surface area contributed by atoms with Crippen molar-refractivity contribution in [3.63, 3.8) is 0 Å². The van der Waals surface area contributed by atoms with Crippen LogP contribution in [0.4, 0.5) is 14.9 Å². The lowest BCUT2D eigenvalue weighted by Crippen LogP contribution is -2.32. The van der Waals surface area contributed by atoms with E-state index < -0.39 is 5.82 Å². The Hall–Kier alpha value is -3.67. The Kier molecular flexibility index (Phi) is 5.01. The molecule has 0 unspecified atom stereocenters. The van der Waals surface area contributed by atoms with E-state index in [0.717, 1.165) is 22.0 Å². The molecule has 2 amide bonds. The van der Waals surface area contributed by atoms with Gasteiger partial charge in [-0.05, 0) is 41.5 Å². The van der Waals surface area contributed by atoms with E-state index in [2.05, 4.69) is 26.7 Å². The average Bonchev–Trinajstić information content (AvgIpc) is 3.13. The molecule has 0 saturated heterocycles. The van der Waals surface area contributed by atoms with Gasteiger partial charge in [0.2, 0.25) is 0 Å². The first-order valence-corrected chi connectivity index (χ1v) is 8.97. The quantitative estimate of drug-likeness (QED) is 0.476. The molecule has 0 radical (unpaired) electrons. The number of amides is 2. The summed E-state index contributed by atoms with van der Waals surface area (Å²) in [6, 6.07) is 17.3. The van der Waals surface area contributed by atoms with E-state index in [1.54, 1.807) is 24.5 Å². The number of H-pyrrole nitrogens is 1. The molecule has 2 aromatic carbocycles. The molecule has 0 aliphatic rings. The molecule has 2 heterocycles. The first kappa shape index (κ1) is 17.7. The number of urea groups is 1. The number of rotatable bonds is 5. The van der Waals surface area contributed by atoms with E-state index in [9.17, 15) is 9.18 Å². The van der Waals surface area contributed by atoms with E-state index in [1.165, 1.54) is 12.1 Å². The second-order valence-electron chi connectivity index (χ2n) is 6.47. The molecule has 6 heteroatoms. The van der Waals surface area contributed by atoms with Crippen LogP contribution in [0.2, 0.25) is 0 Å². The van der Waals surface area contributed by atoms with Crippen LogP contribution in [0, 0.1) is 5.82 Å². The van der Waals surface area contributed by atoms with Gasteiger partial charge in [0.25, 0.3) is 0 Å². The van der Waals surface area contributed by atoms with Gasteiger partial charge in [0.05, 0.1) is 0 Å². The third-order valence-corrected chi connectivity index (χ3v) is 4.63. The number of aromatic amines is 1. The number of halogens is 1. The smallest absolute Gasteiger partial charge is 0.319 e. The minimum atomic E-state index is -0.398. The van der Waals surface area contributed by atoms with Crippen LogP contribution in [0.3, 0.4) is 0 Å². The molecule has 0 saturated carbocycles. The number of nitrogens with one attached hydrogen (secondary N) is 3. The SMILES string of the molecule is O=C(NC[C@H](c1cccnc1)c1c[nH]c2ccccc12)Nc1cccc(F)c1. The molecule has 4 aromatic rings. The lowest BCUT2D eigenvalue weighted by Gasteiger charge is -2.18. The number of anilines is 1. The van der Waals surface area contributed by atoms with Gasteiger partial charge in [0.15, 0.2) is 0 Å². The fourth-order valence-corrected chi connectivity index (χ4v) is 3.31. The minimum absolute atomic E-state index is 0.0805. The van der Waals surface area contributed by atoms with E-state index in [-0.39, 0.29) is 11.9 Å². The zero-order valence-electron chi connectivity index (χ0n) is 15.0. The molecule has 4 rings (SSSR count). The molecule has 2 aromatic heterocycles. The predicted octanol–water partition coefficient (Wildman–Crippen LogP) is 4.66. The normalized spacial score (nSPS) is 11.9. The van der Waals surface area contributed by atoms with Gasteiger partial charge in [-0.1, -0.05) is 30.3 Å². The van der Waals surface area contributed by atoms with Gasteiger partial charge in [-0.2, -0.15) is 0 Å². The van der Waals surface area contributed by atoms with E-state index >= 15 is 0 Å². The summed E-state index contributed by atoms with van der Waals surface area (Å²) in [4.78, 5) is 19.8. The number of carbonyl (C=O) groups is 1. The molecule has 3 N–H and O–H groups in total. The van der Waals surface area contributed by atoms with Crippen molar-refractivity contribution in [1.29, 1.82) is 0 Å². The van der Waals surface area contributed by atoms with Crippen LogP contribution in [-0.2, 0) is 0 Å². The zero-order valence-corrected chi connectivity index (χ0v) is 15.0. The highest BCUT2D eigenvalue weighted by Crippen LogP contribution is 2.30. The molecule has 28 heavy (non-hydrogen) atoms. The van der Waals surface area contributed by atoms with Crippen molar-refractivity contribution in [2.24, 2.45) is 0 Å². The maximum atomic E-state index is 13.3. The number of carbonyl (C=O) groups excluding carboxylic acids is 1. The summed E-state index contributed by atoms with van der Waals surface area (Å²) >= 11 is 0. The van der Waals surface area contributed by atoms with Crippen molar-refractivity contribution >= 4 is 22.6 Å². The van der Waals surface area contributed by atoms with Gasteiger partial charge in [-0.25, -0.2) is 9.18 Å². The second-order valence-corrected chi connectivity index (χ2v) is 6.47. The summed E-state index contributed by atoms with van der Waals surface area (Å²) in [7, 11) is 0. The summed E-state index contributed by atoms with van der Waals surface area (Å²) in [6.07, 6.45) is 5.49. The monoisotopic (exact) mass is 374 g/mol. The number of hydrogen-bond donors (Lipinski definition) is 3. The predicted molar refractivity (Wildman–Crippen MR) is 108 cm³/mol. The van der Waals surface area contributed by atoms with E-state index in [1.807, 2.05) is 36.5 Å². The second kappa shape index (κ2) is 7.92. The number of benzene rings is 2. The standard InChI is InChI=1S/C22H19FN4O/c23-16-6-3-7-17(11-16)27-22(28)26-13-19(15-5-4-10-24-12-15)20-14-25-21-9-2-1-8-18(20)21/h1-12,14,19,25H,13H2,(H2,26,27,28)/t19-/m1/s1. The minimum Gasteiger partial charge on any atom is -0.361 e. The number of para-hydroxylation sites is 1. The summed E-state index contributed by atoms with van der Waals surface area (Å²) < 4.78 is 13.3. The molecule has 0 fully saturated rings. The Morgan fingerprint density at radius 3 is 2.82 bits per heavy atom. The summed E-state index contributed by atoms with van der Waals surface area (Å²) in [6.45, 7) is 0.370. The molecule has 0 aliphatic heterocycles. The molecule has 0 aliphatic carbocycles. The van der Waals surface area contributed by atoms with Crippen molar-refractivity contribution < 1.29 is 9.18 Å². The van der Waals surface area contributed by atoms with Gasteiger partial charge in [-0.3, -0.25) is 4.98 Å². The number of fused-ring (bicyclic) bond motifs is 1. The van der Waals surface area contributed by atoms with Crippen LogP contribution in [0.5, 0.6) is 0 Å². The molecule has 0 spiro atoms. The maximum absolute atomic E-state index is 13.3. The van der Waals surface area contributed by atoms with Gasteiger partial charge in [-0.15, -0.1) is 0 Å². The third-order valence-electron chi connectivity index (χ3n) is 4.63. The fraction of sp³-hybridized carbons (Fsp3) is 0.0909. The number of aromatic nitrogens is 2. The molecule has 1 atom stereocenters. The van der Waals surface area contributed by atoms with Crippen molar-refractivity contribution in [2.75, 3.05) is 11.9 Å². The summed E-state index contributed by atoms with van der Waals surface area (Å²) in [5.74, 6) is -0.479. The lowest BCUT2D eigenvalue weighted by atomic mass is 9.92.